The maximum Gasteiger partial charge on any atom is 0.0618 e. The molecule has 1 aromatic carbocycles. The van der Waals surface area contributed by atoms with Gasteiger partial charge in [-0.1, -0.05) is 39.0 Å². The predicted octanol–water partition coefficient (Wildman–Crippen LogP) is 4.49. The van der Waals surface area contributed by atoms with Crippen LogP contribution in [0.25, 0.3) is 10.1 Å². The molecule has 0 amide bonds. The Balaban J connectivity index is 2.81. The topological polar surface area (TPSA) is 0 Å². The van der Waals surface area contributed by atoms with Crippen molar-refractivity contribution in [1.29, 1.82) is 0 Å². The first-order valence-electron chi connectivity index (χ1n) is 4.71. The third kappa shape index (κ3) is 1.57. The highest BCUT2D eigenvalue weighted by Crippen LogP contribution is 2.40. The molecule has 0 aliphatic carbocycles. The summed E-state index contributed by atoms with van der Waals surface area (Å²) in [5.74, 6) is 0. The molecule has 14 heavy (non-hydrogen) atoms. The fourth-order valence-corrected chi connectivity index (χ4v) is 3.66. The van der Waals surface area contributed by atoms with Crippen LogP contribution in [0.3, 0.4) is 0 Å². The van der Waals surface area contributed by atoms with Gasteiger partial charge in [-0.15, -0.1) is 24.0 Å². The molecule has 2 heteroatoms. The first-order valence-corrected chi connectivity index (χ1v) is 5.97. The van der Waals surface area contributed by atoms with Crippen molar-refractivity contribution >= 4 is 34.1 Å². The van der Waals surface area contributed by atoms with Gasteiger partial charge in [0.05, 0.1) is 4.21 Å². The van der Waals surface area contributed by atoms with Crippen LogP contribution in [0.1, 0.15) is 26.3 Å². The fraction of sp³-hybridized carbons (Fsp3) is 0.333. The number of thiophene rings is 1. The zero-order chi connectivity index (χ0) is 10.3. The van der Waals surface area contributed by atoms with Crippen molar-refractivity contribution in [2.24, 2.45) is 0 Å². The van der Waals surface area contributed by atoms with Crippen LogP contribution in [-0.2, 0) is 5.41 Å². The van der Waals surface area contributed by atoms with E-state index in [4.69, 9.17) is 0 Å². The van der Waals surface area contributed by atoms with Crippen LogP contribution in [-0.4, -0.2) is 0 Å². The van der Waals surface area contributed by atoms with Crippen molar-refractivity contribution in [3.8, 4) is 0 Å². The minimum atomic E-state index is 0.177. The summed E-state index contributed by atoms with van der Waals surface area (Å²) in [5.41, 5.74) is 1.55. The molecule has 1 aromatic heterocycles. The molecule has 1 heterocycles. The van der Waals surface area contributed by atoms with Gasteiger partial charge in [-0.3, -0.25) is 0 Å². The van der Waals surface area contributed by atoms with Crippen molar-refractivity contribution in [3.63, 3.8) is 0 Å². The van der Waals surface area contributed by atoms with Gasteiger partial charge in [0.2, 0.25) is 0 Å². The molecule has 0 spiro atoms. The van der Waals surface area contributed by atoms with E-state index in [0.29, 0.717) is 0 Å². The molecule has 0 N–H and O–H groups in total. The van der Waals surface area contributed by atoms with Crippen LogP contribution in [0.15, 0.2) is 28.5 Å². The lowest BCUT2D eigenvalue weighted by atomic mass is 9.87. The first-order chi connectivity index (χ1) is 6.50. The molecule has 2 aromatic rings. The van der Waals surface area contributed by atoms with E-state index in [1.807, 2.05) is 0 Å². The van der Waals surface area contributed by atoms with Gasteiger partial charge in [0.15, 0.2) is 0 Å². The largest absolute Gasteiger partial charge is 0.132 e. The second-order valence-corrected chi connectivity index (χ2v) is 6.33. The molecule has 0 radical (unpaired) electrons. The van der Waals surface area contributed by atoms with Gasteiger partial charge in [0.25, 0.3) is 0 Å². The third-order valence-corrected chi connectivity index (χ3v) is 3.80. The van der Waals surface area contributed by atoms with Crippen LogP contribution in [0, 0.1) is 0 Å². The summed E-state index contributed by atoms with van der Waals surface area (Å²) in [4.78, 5) is 0. The molecule has 74 valence electrons. The monoisotopic (exact) mass is 222 g/mol. The number of rotatable bonds is 0. The van der Waals surface area contributed by atoms with Crippen molar-refractivity contribution in [2.45, 2.75) is 30.4 Å². The van der Waals surface area contributed by atoms with Crippen LogP contribution >= 0.6 is 24.0 Å². The maximum absolute atomic E-state index is 4.57. The Bertz CT molecular complexity index is 461. The zero-order valence-corrected chi connectivity index (χ0v) is 10.4. The molecule has 0 unspecified atom stereocenters. The van der Waals surface area contributed by atoms with Gasteiger partial charge >= 0.3 is 0 Å². The number of hydrogen-bond donors (Lipinski definition) is 1. The molecule has 0 saturated carbocycles. The summed E-state index contributed by atoms with van der Waals surface area (Å²) in [5, 5.41) is 1.36. The van der Waals surface area contributed by atoms with Gasteiger partial charge in [-0.25, -0.2) is 0 Å². The molecule has 0 aliphatic rings. The Morgan fingerprint density at radius 3 is 2.43 bits per heavy atom. The van der Waals surface area contributed by atoms with Crippen LogP contribution < -0.4 is 0 Å². The van der Waals surface area contributed by atoms with Gasteiger partial charge in [0, 0.05) is 4.70 Å². The van der Waals surface area contributed by atoms with E-state index >= 15 is 0 Å². The SMILES string of the molecule is CC(C)(C)c1c(S)sc2ccccc12. The highest BCUT2D eigenvalue weighted by molar-refractivity contribution is 7.83. The van der Waals surface area contributed by atoms with Crippen LogP contribution in [0.4, 0.5) is 0 Å². The minimum absolute atomic E-state index is 0.177. The molecule has 0 saturated heterocycles. The Kier molecular flexibility index (Phi) is 2.36. The molecule has 0 fully saturated rings. The first kappa shape index (κ1) is 10.1. The Hall–Kier alpha value is -0.470. The van der Waals surface area contributed by atoms with Crippen molar-refractivity contribution in [2.75, 3.05) is 0 Å². The molecule has 0 atom stereocenters. The summed E-state index contributed by atoms with van der Waals surface area (Å²) >= 11 is 6.34. The minimum Gasteiger partial charge on any atom is -0.132 e. The van der Waals surface area contributed by atoms with Crippen molar-refractivity contribution in [1.82, 2.24) is 0 Å². The average Bonchev–Trinajstić information content (AvgIpc) is 2.38. The maximum atomic E-state index is 4.57. The van der Waals surface area contributed by atoms with E-state index in [0.717, 1.165) is 4.21 Å². The van der Waals surface area contributed by atoms with E-state index in [1.54, 1.807) is 11.3 Å². The number of thiol groups is 1. The summed E-state index contributed by atoms with van der Waals surface area (Å²) in [6.07, 6.45) is 0. The summed E-state index contributed by atoms with van der Waals surface area (Å²) < 4.78 is 2.49. The predicted molar refractivity (Wildman–Crippen MR) is 67.8 cm³/mol. The van der Waals surface area contributed by atoms with Crippen LogP contribution in [0.5, 0.6) is 0 Å². The molecular weight excluding hydrogens is 208 g/mol. The van der Waals surface area contributed by atoms with Gasteiger partial charge in [-0.2, -0.15) is 0 Å². The highest BCUT2D eigenvalue weighted by atomic mass is 32.2. The van der Waals surface area contributed by atoms with Gasteiger partial charge in [0.1, 0.15) is 0 Å². The lowest BCUT2D eigenvalue weighted by Crippen LogP contribution is -2.10. The van der Waals surface area contributed by atoms with Crippen molar-refractivity contribution in [3.05, 3.63) is 29.8 Å². The van der Waals surface area contributed by atoms with Crippen LogP contribution in [0.2, 0.25) is 0 Å². The summed E-state index contributed by atoms with van der Waals surface area (Å²) in [6, 6.07) is 8.52. The Labute approximate surface area is 94.4 Å². The summed E-state index contributed by atoms with van der Waals surface area (Å²) in [7, 11) is 0. The summed E-state index contributed by atoms with van der Waals surface area (Å²) in [6.45, 7) is 6.71. The average molecular weight is 222 g/mol. The zero-order valence-electron chi connectivity index (χ0n) is 8.66. The van der Waals surface area contributed by atoms with E-state index in [-0.39, 0.29) is 5.41 Å². The standard InChI is InChI=1S/C12H14S2/c1-12(2,3)10-8-6-4-5-7-9(8)14-11(10)13/h4-7,13H,1-3H3. The quantitative estimate of drug-likeness (QED) is 0.624. The third-order valence-electron chi connectivity index (χ3n) is 2.33. The fourth-order valence-electron chi connectivity index (χ4n) is 1.76. The van der Waals surface area contributed by atoms with E-state index in [2.05, 4.69) is 57.7 Å². The van der Waals surface area contributed by atoms with Crippen molar-refractivity contribution < 1.29 is 0 Å². The highest BCUT2D eigenvalue weighted by Gasteiger charge is 2.21. The normalized spacial score (nSPS) is 12.3. The molecular formula is C12H14S2. The molecule has 2 rings (SSSR count). The molecule has 0 nitrogen and oxygen atoms in total. The van der Waals surface area contributed by atoms with Gasteiger partial charge in [-0.05, 0) is 22.4 Å². The van der Waals surface area contributed by atoms with Gasteiger partial charge < -0.3 is 0 Å². The second kappa shape index (κ2) is 3.28. The number of benzene rings is 1. The van der Waals surface area contributed by atoms with E-state index < -0.39 is 0 Å². The number of fused-ring (bicyclic) bond motifs is 1. The van der Waals surface area contributed by atoms with E-state index in [1.165, 1.54) is 15.6 Å². The lowest BCUT2D eigenvalue weighted by Gasteiger charge is -2.18. The Morgan fingerprint density at radius 2 is 1.79 bits per heavy atom. The Morgan fingerprint density at radius 1 is 1.14 bits per heavy atom. The molecule has 0 bridgehead atoms. The lowest BCUT2D eigenvalue weighted by molar-refractivity contribution is 0.588. The second-order valence-electron chi connectivity index (χ2n) is 4.53. The smallest absolute Gasteiger partial charge is 0.0618 e. The van der Waals surface area contributed by atoms with E-state index in [9.17, 15) is 0 Å². The molecule has 0 aliphatic heterocycles. The number of hydrogen-bond acceptors (Lipinski definition) is 2.